The van der Waals surface area contributed by atoms with Crippen molar-refractivity contribution in [3.63, 3.8) is 0 Å². The summed E-state index contributed by atoms with van der Waals surface area (Å²) in [5.74, 6) is 0. The zero-order valence-corrected chi connectivity index (χ0v) is 16.2. The molecule has 1 aromatic rings. The van der Waals surface area contributed by atoms with Crippen LogP contribution < -0.4 is 0 Å². The van der Waals surface area contributed by atoms with E-state index >= 15 is 0 Å². The van der Waals surface area contributed by atoms with Crippen LogP contribution in [-0.4, -0.2) is 17.0 Å². The highest BCUT2D eigenvalue weighted by molar-refractivity contribution is 5.41. The SMILES string of the molecule is CCC1=CCCC(CC)=C1N1C[C@](C)(c2ccccc2)CC1(C)C. The largest absolute Gasteiger partial charge is 0.365 e. The summed E-state index contributed by atoms with van der Waals surface area (Å²) in [6.45, 7) is 13.1. The predicted molar refractivity (Wildman–Crippen MR) is 104 cm³/mol. The minimum Gasteiger partial charge on any atom is -0.365 e. The molecule has 0 amide bonds. The normalized spacial score (nSPS) is 26.7. The Morgan fingerprint density at radius 1 is 1.00 bits per heavy atom. The number of allylic oxidation sites excluding steroid dienone is 3. The number of nitrogens with zero attached hydrogens (tertiary/aromatic N) is 1. The second-order valence-electron chi connectivity index (χ2n) is 8.43. The summed E-state index contributed by atoms with van der Waals surface area (Å²) in [6.07, 6.45) is 8.49. The van der Waals surface area contributed by atoms with E-state index in [0.29, 0.717) is 0 Å². The summed E-state index contributed by atoms with van der Waals surface area (Å²) >= 11 is 0. The van der Waals surface area contributed by atoms with Gasteiger partial charge in [0.2, 0.25) is 0 Å². The lowest BCUT2D eigenvalue weighted by Crippen LogP contribution is -2.39. The molecule has 1 aliphatic heterocycles. The molecule has 3 rings (SSSR count). The van der Waals surface area contributed by atoms with Crippen LogP contribution in [0.3, 0.4) is 0 Å². The summed E-state index contributed by atoms with van der Waals surface area (Å²) in [6, 6.07) is 11.1. The smallest absolute Gasteiger partial charge is 0.0392 e. The summed E-state index contributed by atoms with van der Waals surface area (Å²) < 4.78 is 0. The van der Waals surface area contributed by atoms with Gasteiger partial charge in [0, 0.05) is 23.2 Å². The van der Waals surface area contributed by atoms with E-state index in [1.165, 1.54) is 31.2 Å². The Morgan fingerprint density at radius 2 is 1.71 bits per heavy atom. The number of likely N-dealkylation sites (tertiary alicyclic amines) is 1. The van der Waals surface area contributed by atoms with Gasteiger partial charge in [-0.05, 0) is 62.7 Å². The number of benzene rings is 1. The van der Waals surface area contributed by atoms with Crippen molar-refractivity contribution in [3.05, 3.63) is 58.8 Å². The minimum atomic E-state index is 0.200. The third-order valence-corrected chi connectivity index (χ3v) is 6.08. The molecule has 0 spiro atoms. The molecule has 1 saturated heterocycles. The average molecular weight is 324 g/mol. The van der Waals surface area contributed by atoms with E-state index in [4.69, 9.17) is 0 Å². The van der Waals surface area contributed by atoms with Crippen molar-refractivity contribution in [1.82, 2.24) is 4.90 Å². The van der Waals surface area contributed by atoms with Crippen LogP contribution in [0, 0.1) is 0 Å². The van der Waals surface area contributed by atoms with Crippen LogP contribution in [0.25, 0.3) is 0 Å². The first-order valence-electron chi connectivity index (χ1n) is 9.66. The van der Waals surface area contributed by atoms with Gasteiger partial charge in [-0.1, -0.05) is 57.2 Å². The highest BCUT2D eigenvalue weighted by atomic mass is 15.2. The summed E-state index contributed by atoms with van der Waals surface area (Å²) in [7, 11) is 0. The van der Waals surface area contributed by atoms with Gasteiger partial charge in [0.05, 0.1) is 0 Å². The standard InChI is InChI=1S/C23H33N/c1-6-18-12-11-13-19(7-2)21(18)24-17-23(5,16-22(24,3)4)20-14-9-8-10-15-20/h8-10,12,14-15H,6-7,11,13,16-17H2,1-5H3/t23-/m1/s1. The van der Waals surface area contributed by atoms with E-state index in [9.17, 15) is 0 Å². The molecular formula is C23H33N. The Kier molecular flexibility index (Phi) is 4.64. The molecule has 1 heteroatoms. The minimum absolute atomic E-state index is 0.200. The van der Waals surface area contributed by atoms with Crippen LogP contribution in [0.1, 0.15) is 72.3 Å². The molecule has 2 aliphatic rings. The number of hydrogen-bond donors (Lipinski definition) is 0. The molecule has 1 heterocycles. The summed E-state index contributed by atoms with van der Waals surface area (Å²) in [5.41, 5.74) is 6.73. The maximum Gasteiger partial charge on any atom is 0.0392 e. The van der Waals surface area contributed by atoms with Crippen molar-refractivity contribution in [3.8, 4) is 0 Å². The Hall–Kier alpha value is -1.50. The third-order valence-electron chi connectivity index (χ3n) is 6.08. The molecule has 130 valence electrons. The fourth-order valence-electron chi connectivity index (χ4n) is 4.97. The zero-order chi connectivity index (χ0) is 17.4. The third kappa shape index (κ3) is 2.94. The first-order valence-corrected chi connectivity index (χ1v) is 9.66. The van der Waals surface area contributed by atoms with Crippen LogP contribution in [0.15, 0.2) is 53.3 Å². The molecule has 0 saturated carbocycles. The Labute approximate surface area is 148 Å². The van der Waals surface area contributed by atoms with Crippen LogP contribution in [0.4, 0.5) is 0 Å². The molecule has 0 N–H and O–H groups in total. The molecule has 1 aliphatic carbocycles. The molecule has 24 heavy (non-hydrogen) atoms. The molecule has 0 aromatic heterocycles. The maximum absolute atomic E-state index is 2.74. The molecule has 1 fully saturated rings. The number of rotatable bonds is 4. The monoisotopic (exact) mass is 323 g/mol. The van der Waals surface area contributed by atoms with Gasteiger partial charge in [0.1, 0.15) is 0 Å². The molecule has 0 radical (unpaired) electrons. The topological polar surface area (TPSA) is 3.24 Å². The molecule has 0 unspecified atom stereocenters. The lowest BCUT2D eigenvalue weighted by atomic mass is 9.78. The van der Waals surface area contributed by atoms with Crippen molar-refractivity contribution in [2.24, 2.45) is 0 Å². The quantitative estimate of drug-likeness (QED) is 0.635. The van der Waals surface area contributed by atoms with Gasteiger partial charge in [-0.2, -0.15) is 0 Å². The van der Waals surface area contributed by atoms with Gasteiger partial charge < -0.3 is 4.90 Å². The molecule has 1 nitrogen and oxygen atoms in total. The van der Waals surface area contributed by atoms with Crippen LogP contribution >= 0.6 is 0 Å². The highest BCUT2D eigenvalue weighted by Gasteiger charge is 2.47. The Bertz CT molecular complexity index is 650. The van der Waals surface area contributed by atoms with Crippen molar-refractivity contribution < 1.29 is 0 Å². The van der Waals surface area contributed by atoms with E-state index < -0.39 is 0 Å². The molecule has 0 bridgehead atoms. The van der Waals surface area contributed by atoms with E-state index in [1.54, 1.807) is 16.8 Å². The number of hydrogen-bond acceptors (Lipinski definition) is 1. The summed E-state index contributed by atoms with van der Waals surface area (Å²) in [5, 5.41) is 0. The average Bonchev–Trinajstić information content (AvgIpc) is 2.84. The Balaban J connectivity index is 2.02. The first kappa shape index (κ1) is 17.3. The van der Waals surface area contributed by atoms with E-state index in [0.717, 1.165) is 13.0 Å². The van der Waals surface area contributed by atoms with Crippen molar-refractivity contribution in [2.45, 2.75) is 77.7 Å². The van der Waals surface area contributed by atoms with Crippen molar-refractivity contribution >= 4 is 0 Å². The highest BCUT2D eigenvalue weighted by Crippen LogP contribution is 2.48. The molecule has 1 aromatic carbocycles. The maximum atomic E-state index is 2.74. The van der Waals surface area contributed by atoms with Crippen molar-refractivity contribution in [2.75, 3.05) is 6.54 Å². The fraction of sp³-hybridized carbons (Fsp3) is 0.565. The zero-order valence-electron chi connectivity index (χ0n) is 16.2. The van der Waals surface area contributed by atoms with E-state index in [-0.39, 0.29) is 11.0 Å². The lowest BCUT2D eigenvalue weighted by Gasteiger charge is -2.39. The van der Waals surface area contributed by atoms with Crippen LogP contribution in [0.2, 0.25) is 0 Å². The summed E-state index contributed by atoms with van der Waals surface area (Å²) in [4.78, 5) is 2.74. The predicted octanol–water partition coefficient (Wildman–Crippen LogP) is 6.22. The van der Waals surface area contributed by atoms with Gasteiger partial charge in [0.25, 0.3) is 0 Å². The molecular weight excluding hydrogens is 290 g/mol. The lowest BCUT2D eigenvalue weighted by molar-refractivity contribution is 0.226. The van der Waals surface area contributed by atoms with E-state index in [2.05, 4.69) is 75.9 Å². The van der Waals surface area contributed by atoms with Gasteiger partial charge in [-0.25, -0.2) is 0 Å². The van der Waals surface area contributed by atoms with Crippen LogP contribution in [-0.2, 0) is 5.41 Å². The second-order valence-corrected chi connectivity index (χ2v) is 8.43. The van der Waals surface area contributed by atoms with E-state index in [1.807, 2.05) is 0 Å². The first-order chi connectivity index (χ1) is 11.4. The molecule has 1 atom stereocenters. The second kappa shape index (κ2) is 6.43. The van der Waals surface area contributed by atoms with Gasteiger partial charge in [-0.3, -0.25) is 0 Å². The van der Waals surface area contributed by atoms with Crippen molar-refractivity contribution in [1.29, 1.82) is 0 Å². The van der Waals surface area contributed by atoms with Gasteiger partial charge >= 0.3 is 0 Å². The van der Waals surface area contributed by atoms with Gasteiger partial charge in [0.15, 0.2) is 0 Å². The Morgan fingerprint density at radius 3 is 2.33 bits per heavy atom. The fourth-order valence-corrected chi connectivity index (χ4v) is 4.97. The van der Waals surface area contributed by atoms with Gasteiger partial charge in [-0.15, -0.1) is 0 Å². The van der Waals surface area contributed by atoms with Crippen LogP contribution in [0.5, 0.6) is 0 Å².